The Balaban J connectivity index is 1.94. The topological polar surface area (TPSA) is 37.8 Å². The predicted molar refractivity (Wildman–Crippen MR) is 67.0 cm³/mol. The molecule has 16 heavy (non-hydrogen) atoms. The minimum Gasteiger partial charge on any atom is -0.354 e. The highest BCUT2D eigenvalue weighted by Crippen LogP contribution is 2.29. The molecule has 1 aliphatic rings. The molecule has 0 aromatic carbocycles. The first kappa shape index (κ1) is 11.6. The maximum atomic E-state index is 6.23. The van der Waals surface area contributed by atoms with Crippen LogP contribution in [0.2, 0.25) is 0 Å². The van der Waals surface area contributed by atoms with Crippen LogP contribution in [-0.2, 0) is 0 Å². The zero-order valence-corrected chi connectivity index (χ0v) is 10.6. The van der Waals surface area contributed by atoms with Gasteiger partial charge in [0.25, 0.3) is 0 Å². The van der Waals surface area contributed by atoms with Crippen molar-refractivity contribution in [2.75, 3.05) is 11.9 Å². The third-order valence-corrected chi connectivity index (χ3v) is 3.65. The lowest BCUT2D eigenvalue weighted by molar-refractivity contribution is 0.584. The quantitative estimate of drug-likeness (QED) is 0.825. The molecule has 1 heterocycles. The number of nitrogens with zero attached hydrogens (tertiary/aromatic N) is 2. The molecule has 88 valence electrons. The Labute approximate surface area is 102 Å². The van der Waals surface area contributed by atoms with Crippen molar-refractivity contribution in [3.63, 3.8) is 0 Å². The smallest absolute Gasteiger partial charge is 0.223 e. The Kier molecular flexibility index (Phi) is 3.64. The molecule has 0 spiro atoms. The van der Waals surface area contributed by atoms with Gasteiger partial charge in [-0.25, -0.2) is 9.97 Å². The van der Waals surface area contributed by atoms with E-state index in [1.807, 2.05) is 19.9 Å². The molecule has 2 unspecified atom stereocenters. The summed E-state index contributed by atoms with van der Waals surface area (Å²) < 4.78 is 0. The first-order valence-corrected chi connectivity index (χ1v) is 6.29. The summed E-state index contributed by atoms with van der Waals surface area (Å²) in [6.07, 6.45) is 3.60. The summed E-state index contributed by atoms with van der Waals surface area (Å²) >= 11 is 6.23. The van der Waals surface area contributed by atoms with Crippen molar-refractivity contribution in [3.8, 4) is 0 Å². The molecule has 2 rings (SSSR count). The van der Waals surface area contributed by atoms with E-state index >= 15 is 0 Å². The maximum Gasteiger partial charge on any atom is 0.223 e. The van der Waals surface area contributed by atoms with Crippen LogP contribution < -0.4 is 5.32 Å². The zero-order chi connectivity index (χ0) is 11.5. The van der Waals surface area contributed by atoms with E-state index in [1.54, 1.807) is 0 Å². The van der Waals surface area contributed by atoms with Crippen LogP contribution in [0.4, 0.5) is 5.95 Å². The number of rotatable bonds is 3. The molecule has 0 saturated heterocycles. The number of alkyl halides is 1. The molecule has 4 heteroatoms. The molecule has 1 saturated carbocycles. The van der Waals surface area contributed by atoms with Gasteiger partial charge in [-0.1, -0.05) is 6.42 Å². The largest absolute Gasteiger partial charge is 0.354 e. The van der Waals surface area contributed by atoms with E-state index in [2.05, 4.69) is 15.3 Å². The van der Waals surface area contributed by atoms with Crippen molar-refractivity contribution in [2.24, 2.45) is 5.92 Å². The van der Waals surface area contributed by atoms with Crippen molar-refractivity contribution < 1.29 is 0 Å². The highest BCUT2D eigenvalue weighted by Gasteiger charge is 2.24. The van der Waals surface area contributed by atoms with Crippen molar-refractivity contribution >= 4 is 17.5 Å². The van der Waals surface area contributed by atoms with E-state index < -0.39 is 0 Å². The number of nitrogens with one attached hydrogen (secondary N) is 1. The highest BCUT2D eigenvalue weighted by molar-refractivity contribution is 6.20. The highest BCUT2D eigenvalue weighted by atomic mass is 35.5. The molecule has 0 radical (unpaired) electrons. The van der Waals surface area contributed by atoms with Crippen LogP contribution in [0.3, 0.4) is 0 Å². The monoisotopic (exact) mass is 239 g/mol. The van der Waals surface area contributed by atoms with Crippen LogP contribution in [0, 0.1) is 19.8 Å². The third kappa shape index (κ3) is 2.85. The van der Waals surface area contributed by atoms with Crippen LogP contribution in [0.1, 0.15) is 30.7 Å². The van der Waals surface area contributed by atoms with E-state index in [-0.39, 0.29) is 0 Å². The van der Waals surface area contributed by atoms with Gasteiger partial charge >= 0.3 is 0 Å². The van der Waals surface area contributed by atoms with Gasteiger partial charge in [-0.15, -0.1) is 11.6 Å². The minimum absolute atomic E-state index is 0.318. The van der Waals surface area contributed by atoms with Gasteiger partial charge in [-0.3, -0.25) is 0 Å². The van der Waals surface area contributed by atoms with Crippen LogP contribution in [0.25, 0.3) is 0 Å². The van der Waals surface area contributed by atoms with Gasteiger partial charge < -0.3 is 5.32 Å². The SMILES string of the molecule is Cc1cc(C)nc(NCC2CCCC2Cl)n1. The fourth-order valence-corrected chi connectivity index (χ4v) is 2.62. The van der Waals surface area contributed by atoms with E-state index in [1.165, 1.54) is 12.8 Å². The average molecular weight is 240 g/mol. The third-order valence-electron chi connectivity index (χ3n) is 3.07. The van der Waals surface area contributed by atoms with Crippen LogP contribution in [-0.4, -0.2) is 21.9 Å². The van der Waals surface area contributed by atoms with E-state index in [0.29, 0.717) is 11.3 Å². The van der Waals surface area contributed by atoms with Crippen LogP contribution in [0.5, 0.6) is 0 Å². The lowest BCUT2D eigenvalue weighted by Gasteiger charge is -2.14. The first-order chi connectivity index (χ1) is 7.65. The van der Waals surface area contributed by atoms with Gasteiger partial charge in [-0.2, -0.15) is 0 Å². The molecule has 0 amide bonds. The molecule has 2 atom stereocenters. The van der Waals surface area contributed by atoms with Gasteiger partial charge in [-0.05, 0) is 38.7 Å². The standard InChI is InChI=1S/C12H18ClN3/c1-8-6-9(2)16-12(15-8)14-7-10-4-3-5-11(10)13/h6,10-11H,3-5,7H2,1-2H3,(H,14,15,16). The molecular formula is C12H18ClN3. The number of anilines is 1. The van der Waals surface area contributed by atoms with Gasteiger partial charge in [0, 0.05) is 23.3 Å². The first-order valence-electron chi connectivity index (χ1n) is 5.85. The second-order valence-electron chi connectivity index (χ2n) is 4.56. The molecule has 0 bridgehead atoms. The Morgan fingerprint density at radius 2 is 2.00 bits per heavy atom. The second-order valence-corrected chi connectivity index (χ2v) is 5.12. The Hall–Kier alpha value is -0.830. The fraction of sp³-hybridized carbons (Fsp3) is 0.667. The molecule has 1 N–H and O–H groups in total. The number of hydrogen-bond acceptors (Lipinski definition) is 3. The van der Waals surface area contributed by atoms with E-state index in [0.717, 1.165) is 30.3 Å². The lowest BCUT2D eigenvalue weighted by atomic mass is 10.1. The minimum atomic E-state index is 0.318. The number of halogens is 1. The Bertz CT molecular complexity index is 347. The second kappa shape index (κ2) is 5.00. The van der Waals surface area contributed by atoms with Gasteiger partial charge in [0.15, 0.2) is 0 Å². The van der Waals surface area contributed by atoms with Gasteiger partial charge in [0.05, 0.1) is 0 Å². The number of aromatic nitrogens is 2. The Morgan fingerprint density at radius 3 is 2.56 bits per heavy atom. The van der Waals surface area contributed by atoms with Crippen molar-refractivity contribution in [1.82, 2.24) is 9.97 Å². The summed E-state index contributed by atoms with van der Waals surface area (Å²) in [5.74, 6) is 1.29. The van der Waals surface area contributed by atoms with Gasteiger partial charge in [0.1, 0.15) is 0 Å². The Morgan fingerprint density at radius 1 is 1.31 bits per heavy atom. The summed E-state index contributed by atoms with van der Waals surface area (Å²) in [5.41, 5.74) is 2.01. The van der Waals surface area contributed by atoms with Crippen LogP contribution in [0.15, 0.2) is 6.07 Å². The summed E-state index contributed by atoms with van der Waals surface area (Å²) in [6, 6.07) is 1.98. The molecule has 1 aliphatic carbocycles. The molecule has 1 aromatic heterocycles. The van der Waals surface area contributed by atoms with E-state index in [4.69, 9.17) is 11.6 Å². The van der Waals surface area contributed by atoms with Crippen molar-refractivity contribution in [1.29, 1.82) is 0 Å². The molecule has 1 aromatic rings. The molecule has 0 aliphatic heterocycles. The predicted octanol–water partition coefficient (Wildman–Crippen LogP) is 2.91. The summed E-state index contributed by atoms with van der Waals surface area (Å²) in [7, 11) is 0. The van der Waals surface area contributed by atoms with Crippen molar-refractivity contribution in [2.45, 2.75) is 38.5 Å². The fourth-order valence-electron chi connectivity index (χ4n) is 2.25. The average Bonchev–Trinajstić information content (AvgIpc) is 2.59. The number of aryl methyl sites for hydroxylation is 2. The maximum absolute atomic E-state index is 6.23. The summed E-state index contributed by atoms with van der Waals surface area (Å²) in [4.78, 5) is 8.71. The summed E-state index contributed by atoms with van der Waals surface area (Å²) in [5, 5.41) is 3.61. The van der Waals surface area contributed by atoms with Crippen LogP contribution >= 0.6 is 11.6 Å². The van der Waals surface area contributed by atoms with Gasteiger partial charge in [0.2, 0.25) is 5.95 Å². The molecule has 1 fully saturated rings. The summed E-state index contributed by atoms with van der Waals surface area (Å²) in [6.45, 7) is 4.86. The normalized spacial score (nSPS) is 24.7. The van der Waals surface area contributed by atoms with Crippen molar-refractivity contribution in [3.05, 3.63) is 17.5 Å². The lowest BCUT2D eigenvalue weighted by Crippen LogP contribution is -2.19. The zero-order valence-electron chi connectivity index (χ0n) is 9.83. The molecule has 3 nitrogen and oxygen atoms in total. The number of hydrogen-bond donors (Lipinski definition) is 1. The molecular weight excluding hydrogens is 222 g/mol. The van der Waals surface area contributed by atoms with E-state index in [9.17, 15) is 0 Å².